The Bertz CT molecular complexity index is 625. The zero-order valence-electron chi connectivity index (χ0n) is 11.6. The molecule has 2 rings (SSSR count). The number of nitrogens with zero attached hydrogens (tertiary/aromatic N) is 3. The first-order chi connectivity index (χ1) is 10.4. The van der Waals surface area contributed by atoms with Crippen LogP contribution in [0.3, 0.4) is 0 Å². The molecular formula is C12H13F3N4OS2. The van der Waals surface area contributed by atoms with Crippen LogP contribution in [0, 0.1) is 0 Å². The average Bonchev–Trinajstić information content (AvgIpc) is 3.05. The normalized spacial score (nSPS) is 11.6. The van der Waals surface area contributed by atoms with E-state index in [4.69, 9.17) is 0 Å². The second kappa shape index (κ2) is 7.14. The van der Waals surface area contributed by atoms with Crippen LogP contribution < -0.4 is 5.32 Å². The molecule has 0 aromatic carbocycles. The molecule has 0 atom stereocenters. The van der Waals surface area contributed by atoms with Crippen molar-refractivity contribution in [1.29, 1.82) is 0 Å². The molecule has 0 saturated heterocycles. The zero-order valence-corrected chi connectivity index (χ0v) is 13.2. The molecule has 0 aliphatic carbocycles. The highest BCUT2D eigenvalue weighted by Crippen LogP contribution is 2.29. The van der Waals surface area contributed by atoms with Gasteiger partial charge < -0.3 is 9.88 Å². The minimum atomic E-state index is -4.55. The number of thioether (sulfide) groups is 1. The molecule has 2 aromatic heterocycles. The summed E-state index contributed by atoms with van der Waals surface area (Å²) in [4.78, 5) is 12.8. The second-order valence-corrected chi connectivity index (χ2v) is 6.31. The van der Waals surface area contributed by atoms with Gasteiger partial charge in [-0.05, 0) is 17.9 Å². The standard InChI is InChI=1S/C12H13F3N4OS2/c1-19-10(12(13,14)15)17-18-11(19)22-7-9(20)16-5-4-8-3-2-6-21-8/h2-3,6H,4-5,7H2,1H3,(H,16,20). The molecular weight excluding hydrogens is 337 g/mol. The Labute approximate surface area is 132 Å². The average molecular weight is 350 g/mol. The number of alkyl halides is 3. The van der Waals surface area contributed by atoms with E-state index < -0.39 is 12.0 Å². The Morgan fingerprint density at radius 3 is 2.82 bits per heavy atom. The van der Waals surface area contributed by atoms with Crippen LogP contribution >= 0.6 is 23.1 Å². The highest BCUT2D eigenvalue weighted by Gasteiger charge is 2.37. The summed E-state index contributed by atoms with van der Waals surface area (Å²) in [5.41, 5.74) is 0. The van der Waals surface area contributed by atoms with Crippen LogP contribution in [-0.2, 0) is 24.4 Å². The summed E-state index contributed by atoms with van der Waals surface area (Å²) in [6.07, 6.45) is -3.82. The highest BCUT2D eigenvalue weighted by molar-refractivity contribution is 7.99. The van der Waals surface area contributed by atoms with Crippen molar-refractivity contribution in [3.8, 4) is 0 Å². The van der Waals surface area contributed by atoms with Gasteiger partial charge in [-0.1, -0.05) is 17.8 Å². The van der Waals surface area contributed by atoms with Crippen molar-refractivity contribution >= 4 is 29.0 Å². The number of nitrogens with one attached hydrogen (secondary N) is 1. The van der Waals surface area contributed by atoms with Crippen molar-refractivity contribution in [2.75, 3.05) is 12.3 Å². The van der Waals surface area contributed by atoms with E-state index in [9.17, 15) is 18.0 Å². The lowest BCUT2D eigenvalue weighted by Gasteiger charge is -2.06. The van der Waals surface area contributed by atoms with E-state index in [1.807, 2.05) is 17.5 Å². The summed E-state index contributed by atoms with van der Waals surface area (Å²) >= 11 is 2.53. The number of halogens is 3. The summed E-state index contributed by atoms with van der Waals surface area (Å²) in [7, 11) is 1.22. The molecule has 0 aliphatic heterocycles. The fourth-order valence-corrected chi connectivity index (χ4v) is 3.10. The maximum atomic E-state index is 12.6. The Morgan fingerprint density at radius 2 is 2.23 bits per heavy atom. The summed E-state index contributed by atoms with van der Waals surface area (Å²) in [5, 5.41) is 11.3. The zero-order chi connectivity index (χ0) is 16.2. The third-order valence-electron chi connectivity index (χ3n) is 2.69. The predicted octanol–water partition coefficient (Wildman–Crippen LogP) is 2.35. The Hall–Kier alpha value is -1.55. The van der Waals surface area contributed by atoms with E-state index in [1.165, 1.54) is 7.05 Å². The number of hydrogen-bond acceptors (Lipinski definition) is 5. The molecule has 0 bridgehead atoms. The van der Waals surface area contributed by atoms with Crippen LogP contribution in [0.15, 0.2) is 22.7 Å². The van der Waals surface area contributed by atoms with E-state index in [-0.39, 0.29) is 16.8 Å². The van der Waals surface area contributed by atoms with E-state index in [0.717, 1.165) is 27.6 Å². The smallest absolute Gasteiger partial charge is 0.355 e. The van der Waals surface area contributed by atoms with Gasteiger partial charge in [0, 0.05) is 18.5 Å². The number of thiophene rings is 1. The third-order valence-corrected chi connectivity index (χ3v) is 4.65. The molecule has 0 radical (unpaired) electrons. The minimum absolute atomic E-state index is 0.00568. The summed E-state index contributed by atoms with van der Waals surface area (Å²) in [6, 6.07) is 3.91. The maximum Gasteiger partial charge on any atom is 0.451 e. The molecule has 0 spiro atoms. The minimum Gasteiger partial charge on any atom is -0.355 e. The van der Waals surface area contributed by atoms with Crippen LogP contribution in [0.1, 0.15) is 10.7 Å². The van der Waals surface area contributed by atoms with Gasteiger partial charge in [-0.15, -0.1) is 21.5 Å². The van der Waals surface area contributed by atoms with E-state index >= 15 is 0 Å². The number of rotatable bonds is 6. The lowest BCUT2D eigenvalue weighted by molar-refractivity contribution is -0.147. The van der Waals surface area contributed by atoms with Crippen molar-refractivity contribution in [2.24, 2.45) is 7.05 Å². The van der Waals surface area contributed by atoms with Crippen molar-refractivity contribution < 1.29 is 18.0 Å². The van der Waals surface area contributed by atoms with E-state index in [2.05, 4.69) is 15.5 Å². The summed E-state index contributed by atoms with van der Waals surface area (Å²) in [6.45, 7) is 0.493. The number of carbonyl (C=O) groups is 1. The van der Waals surface area contributed by atoms with E-state index in [1.54, 1.807) is 11.3 Å². The number of hydrogen-bond donors (Lipinski definition) is 1. The summed E-state index contributed by atoms with van der Waals surface area (Å²) in [5.74, 6) is -1.33. The van der Waals surface area contributed by atoms with Gasteiger partial charge in [0.2, 0.25) is 11.7 Å². The van der Waals surface area contributed by atoms with Crippen LogP contribution in [0.25, 0.3) is 0 Å². The molecule has 1 N–H and O–H groups in total. The lowest BCUT2D eigenvalue weighted by atomic mass is 10.3. The molecule has 5 nitrogen and oxygen atoms in total. The highest BCUT2D eigenvalue weighted by atomic mass is 32.2. The molecule has 0 aliphatic rings. The summed E-state index contributed by atoms with van der Waals surface area (Å²) < 4.78 is 38.5. The molecule has 120 valence electrons. The lowest BCUT2D eigenvalue weighted by Crippen LogP contribution is -2.27. The topological polar surface area (TPSA) is 59.8 Å². The first-order valence-electron chi connectivity index (χ1n) is 6.26. The Kier molecular flexibility index (Phi) is 5.46. The van der Waals surface area contributed by atoms with Crippen molar-refractivity contribution in [3.63, 3.8) is 0 Å². The number of aromatic nitrogens is 3. The van der Waals surface area contributed by atoms with Crippen LogP contribution in [0.5, 0.6) is 0 Å². The van der Waals surface area contributed by atoms with Gasteiger partial charge in [0.25, 0.3) is 0 Å². The maximum absolute atomic E-state index is 12.6. The number of amides is 1. The van der Waals surface area contributed by atoms with Gasteiger partial charge in [0.15, 0.2) is 5.16 Å². The molecule has 1 amide bonds. The first-order valence-corrected chi connectivity index (χ1v) is 8.13. The van der Waals surface area contributed by atoms with E-state index in [0.29, 0.717) is 6.54 Å². The molecule has 2 heterocycles. The predicted molar refractivity (Wildman–Crippen MR) is 77.8 cm³/mol. The number of carbonyl (C=O) groups excluding carboxylic acids is 1. The molecule has 0 fully saturated rings. The van der Waals surface area contributed by atoms with Gasteiger partial charge in [-0.25, -0.2) is 0 Å². The van der Waals surface area contributed by atoms with Crippen molar-refractivity contribution in [1.82, 2.24) is 20.1 Å². The van der Waals surface area contributed by atoms with Crippen molar-refractivity contribution in [2.45, 2.75) is 17.8 Å². The van der Waals surface area contributed by atoms with Crippen LogP contribution in [0.4, 0.5) is 13.2 Å². The van der Waals surface area contributed by atoms with Gasteiger partial charge in [0.05, 0.1) is 5.75 Å². The SMILES string of the molecule is Cn1c(SCC(=O)NCCc2cccs2)nnc1C(F)(F)F. The quantitative estimate of drug-likeness (QED) is 0.813. The Balaban J connectivity index is 1.78. The fraction of sp³-hybridized carbons (Fsp3) is 0.417. The monoisotopic (exact) mass is 350 g/mol. The van der Waals surface area contributed by atoms with Gasteiger partial charge in [-0.2, -0.15) is 13.2 Å². The van der Waals surface area contributed by atoms with Gasteiger partial charge in [0.1, 0.15) is 0 Å². The Morgan fingerprint density at radius 1 is 1.45 bits per heavy atom. The first kappa shape index (κ1) is 16.8. The molecule has 0 saturated carbocycles. The fourth-order valence-electron chi connectivity index (χ4n) is 1.65. The molecule has 2 aromatic rings. The second-order valence-electron chi connectivity index (χ2n) is 4.33. The van der Waals surface area contributed by atoms with Crippen LogP contribution in [0.2, 0.25) is 0 Å². The van der Waals surface area contributed by atoms with Crippen LogP contribution in [-0.4, -0.2) is 33.0 Å². The largest absolute Gasteiger partial charge is 0.451 e. The van der Waals surface area contributed by atoms with Crippen molar-refractivity contribution in [3.05, 3.63) is 28.2 Å². The van der Waals surface area contributed by atoms with Gasteiger partial charge in [-0.3, -0.25) is 4.79 Å². The third kappa shape index (κ3) is 4.47. The molecule has 22 heavy (non-hydrogen) atoms. The molecule has 0 unspecified atom stereocenters. The molecule has 10 heteroatoms. The van der Waals surface area contributed by atoms with Gasteiger partial charge >= 0.3 is 6.18 Å².